The van der Waals surface area contributed by atoms with Crippen molar-refractivity contribution in [1.29, 1.82) is 0 Å². The number of aromatic carboxylic acids is 1. The number of amides is 1. The molecule has 0 heterocycles. The second-order valence-electron chi connectivity index (χ2n) is 4.76. The topological polar surface area (TPSA) is 66.4 Å². The van der Waals surface area contributed by atoms with Gasteiger partial charge >= 0.3 is 5.97 Å². The molecule has 1 amide bonds. The van der Waals surface area contributed by atoms with E-state index in [2.05, 4.69) is 11.9 Å². The highest BCUT2D eigenvalue weighted by Crippen LogP contribution is 2.29. The summed E-state index contributed by atoms with van der Waals surface area (Å²) in [7, 11) is 0. The number of carbonyl (C=O) groups excluding carboxylic acids is 1. The summed E-state index contributed by atoms with van der Waals surface area (Å²) in [6.07, 6.45) is 0. The first-order valence-corrected chi connectivity index (χ1v) is 7.39. The maximum Gasteiger partial charge on any atom is 0.335 e. The van der Waals surface area contributed by atoms with Gasteiger partial charge in [0, 0.05) is 17.7 Å². The molecule has 0 fully saturated rings. The van der Waals surface area contributed by atoms with Crippen molar-refractivity contribution in [3.05, 3.63) is 75.8 Å². The van der Waals surface area contributed by atoms with E-state index in [1.165, 1.54) is 12.1 Å². The minimum Gasteiger partial charge on any atom is -0.478 e. The van der Waals surface area contributed by atoms with E-state index in [4.69, 9.17) is 28.3 Å². The summed E-state index contributed by atoms with van der Waals surface area (Å²) in [4.78, 5) is 22.9. The molecule has 23 heavy (non-hydrogen) atoms. The van der Waals surface area contributed by atoms with Crippen LogP contribution in [0.15, 0.2) is 49.0 Å². The fraction of sp³-hybridized carbons (Fsp3) is 0.0588. The van der Waals surface area contributed by atoms with Gasteiger partial charge in [-0.15, -0.1) is 0 Å². The van der Waals surface area contributed by atoms with Crippen LogP contribution in [0.25, 0.3) is 5.57 Å². The monoisotopic (exact) mass is 349 g/mol. The molecule has 0 atom stereocenters. The summed E-state index contributed by atoms with van der Waals surface area (Å²) in [6, 6.07) is 11.2. The molecular weight excluding hydrogens is 337 g/mol. The average Bonchev–Trinajstić information content (AvgIpc) is 2.55. The van der Waals surface area contributed by atoms with Crippen LogP contribution in [0.3, 0.4) is 0 Å². The summed E-state index contributed by atoms with van der Waals surface area (Å²) < 4.78 is 0. The zero-order chi connectivity index (χ0) is 17.0. The summed E-state index contributed by atoms with van der Waals surface area (Å²) in [5.74, 6) is -1.37. The molecule has 0 unspecified atom stereocenters. The van der Waals surface area contributed by atoms with E-state index in [9.17, 15) is 9.59 Å². The fourth-order valence-electron chi connectivity index (χ4n) is 1.91. The minimum absolute atomic E-state index is 0.190. The Hall–Kier alpha value is -2.30. The van der Waals surface area contributed by atoms with Gasteiger partial charge in [-0.1, -0.05) is 54.0 Å². The Balaban J connectivity index is 2.03. The highest BCUT2D eigenvalue weighted by molar-refractivity contribution is 6.44. The van der Waals surface area contributed by atoms with Crippen LogP contribution in [0.4, 0.5) is 0 Å². The van der Waals surface area contributed by atoms with E-state index in [0.717, 1.165) is 5.56 Å². The number of halogens is 2. The first-order valence-electron chi connectivity index (χ1n) is 6.64. The van der Waals surface area contributed by atoms with E-state index in [1.807, 2.05) is 0 Å². The van der Waals surface area contributed by atoms with Crippen molar-refractivity contribution in [3.8, 4) is 0 Å². The van der Waals surface area contributed by atoms with Crippen molar-refractivity contribution in [2.24, 2.45) is 0 Å². The molecule has 2 aromatic carbocycles. The zero-order valence-electron chi connectivity index (χ0n) is 12.0. The van der Waals surface area contributed by atoms with Crippen LogP contribution in [0.2, 0.25) is 10.0 Å². The molecule has 2 aromatic rings. The molecular formula is C17H13Cl2NO3. The largest absolute Gasteiger partial charge is 0.478 e. The molecule has 0 radical (unpaired) electrons. The van der Waals surface area contributed by atoms with Gasteiger partial charge in [-0.05, 0) is 23.8 Å². The van der Waals surface area contributed by atoms with Crippen LogP contribution < -0.4 is 5.32 Å². The molecule has 0 spiro atoms. The number of hydrogen-bond acceptors (Lipinski definition) is 2. The molecule has 0 aromatic heterocycles. The first kappa shape index (κ1) is 17.1. The molecule has 0 aliphatic rings. The Morgan fingerprint density at radius 3 is 2.35 bits per heavy atom. The lowest BCUT2D eigenvalue weighted by atomic mass is 10.1. The molecule has 118 valence electrons. The molecule has 0 aliphatic heterocycles. The SMILES string of the molecule is C=C(C(=O)NCc1ccc(C(=O)O)cc1)c1cccc(Cl)c1Cl. The lowest BCUT2D eigenvalue weighted by Gasteiger charge is -2.10. The zero-order valence-corrected chi connectivity index (χ0v) is 13.5. The van der Waals surface area contributed by atoms with Gasteiger partial charge in [-0.25, -0.2) is 4.79 Å². The molecule has 0 saturated heterocycles. The maximum absolute atomic E-state index is 12.1. The van der Waals surface area contributed by atoms with Gasteiger partial charge < -0.3 is 10.4 Å². The third kappa shape index (κ3) is 4.12. The van der Waals surface area contributed by atoms with Gasteiger partial charge in [0.1, 0.15) is 0 Å². The summed E-state index contributed by atoms with van der Waals surface area (Å²) in [6.45, 7) is 3.99. The smallest absolute Gasteiger partial charge is 0.335 e. The second-order valence-corrected chi connectivity index (χ2v) is 5.55. The number of carbonyl (C=O) groups is 2. The molecule has 0 saturated carbocycles. The van der Waals surface area contributed by atoms with Crippen LogP contribution in [0.5, 0.6) is 0 Å². The lowest BCUT2D eigenvalue weighted by molar-refractivity contribution is -0.115. The summed E-state index contributed by atoms with van der Waals surface area (Å²) >= 11 is 12.0. The number of nitrogens with one attached hydrogen (secondary N) is 1. The van der Waals surface area contributed by atoms with E-state index in [-0.39, 0.29) is 28.6 Å². The molecule has 0 bridgehead atoms. The number of carboxylic acids is 1. The van der Waals surface area contributed by atoms with Gasteiger partial charge in [0.15, 0.2) is 0 Å². The van der Waals surface area contributed by atoms with Crippen molar-refractivity contribution < 1.29 is 14.7 Å². The van der Waals surface area contributed by atoms with Gasteiger partial charge in [0.25, 0.3) is 5.91 Å². The Labute approximate surface area is 143 Å². The fourth-order valence-corrected chi connectivity index (χ4v) is 2.33. The van der Waals surface area contributed by atoms with Crippen LogP contribution in [0, 0.1) is 0 Å². The molecule has 0 aliphatic carbocycles. The molecule has 2 rings (SSSR count). The van der Waals surface area contributed by atoms with Crippen molar-refractivity contribution >= 4 is 40.7 Å². The average molecular weight is 350 g/mol. The highest BCUT2D eigenvalue weighted by Gasteiger charge is 2.14. The number of carboxylic acid groups (broad SMARTS) is 1. The predicted molar refractivity (Wildman–Crippen MR) is 90.7 cm³/mol. The van der Waals surface area contributed by atoms with E-state index in [1.54, 1.807) is 30.3 Å². The number of benzene rings is 2. The van der Waals surface area contributed by atoms with Crippen molar-refractivity contribution in [2.75, 3.05) is 0 Å². The molecule has 6 heteroatoms. The minimum atomic E-state index is -0.996. The molecule has 2 N–H and O–H groups in total. The Bertz CT molecular complexity index is 770. The predicted octanol–water partition coefficient (Wildman–Crippen LogP) is 4.02. The van der Waals surface area contributed by atoms with Gasteiger partial charge in [-0.2, -0.15) is 0 Å². The standard InChI is InChI=1S/C17H13Cl2NO3/c1-10(13-3-2-4-14(18)15(13)19)16(21)20-9-11-5-7-12(8-6-11)17(22)23/h2-8H,1,9H2,(H,20,21)(H,22,23). The highest BCUT2D eigenvalue weighted by atomic mass is 35.5. The quantitative estimate of drug-likeness (QED) is 0.801. The summed E-state index contributed by atoms with van der Waals surface area (Å²) in [5, 5.41) is 12.2. The van der Waals surface area contributed by atoms with Gasteiger partial charge in [0.05, 0.1) is 15.6 Å². The van der Waals surface area contributed by atoms with Crippen LogP contribution in [0.1, 0.15) is 21.5 Å². The van der Waals surface area contributed by atoms with E-state index < -0.39 is 5.97 Å². The number of rotatable bonds is 5. The van der Waals surface area contributed by atoms with Gasteiger partial charge in [0.2, 0.25) is 0 Å². The lowest BCUT2D eigenvalue weighted by Crippen LogP contribution is -2.23. The van der Waals surface area contributed by atoms with Crippen molar-refractivity contribution in [2.45, 2.75) is 6.54 Å². The molecule has 4 nitrogen and oxygen atoms in total. The van der Waals surface area contributed by atoms with E-state index >= 15 is 0 Å². The second kappa shape index (κ2) is 7.31. The maximum atomic E-state index is 12.1. The Morgan fingerprint density at radius 2 is 1.74 bits per heavy atom. The van der Waals surface area contributed by atoms with Crippen LogP contribution in [-0.2, 0) is 11.3 Å². The van der Waals surface area contributed by atoms with Crippen LogP contribution in [-0.4, -0.2) is 17.0 Å². The normalized spacial score (nSPS) is 10.2. The van der Waals surface area contributed by atoms with Crippen LogP contribution >= 0.6 is 23.2 Å². The van der Waals surface area contributed by atoms with E-state index in [0.29, 0.717) is 10.6 Å². The first-order chi connectivity index (χ1) is 10.9. The van der Waals surface area contributed by atoms with Crippen molar-refractivity contribution in [1.82, 2.24) is 5.32 Å². The third-order valence-electron chi connectivity index (χ3n) is 3.20. The Kier molecular flexibility index (Phi) is 5.42. The van der Waals surface area contributed by atoms with Crippen molar-refractivity contribution in [3.63, 3.8) is 0 Å². The van der Waals surface area contributed by atoms with Gasteiger partial charge in [-0.3, -0.25) is 4.79 Å². The summed E-state index contributed by atoms with van der Waals surface area (Å²) in [5.41, 5.74) is 1.64. The third-order valence-corrected chi connectivity index (χ3v) is 4.02. The Morgan fingerprint density at radius 1 is 1.09 bits per heavy atom. The number of hydrogen-bond donors (Lipinski definition) is 2.